The highest BCUT2D eigenvalue weighted by Crippen LogP contribution is 2.22. The Kier molecular flexibility index (Phi) is 8.48. The molecule has 0 radical (unpaired) electrons. The van der Waals surface area contributed by atoms with Gasteiger partial charge in [0, 0.05) is 32.9 Å². The summed E-state index contributed by atoms with van der Waals surface area (Å²) in [4.78, 5) is 11.3. The Morgan fingerprint density at radius 2 is 1.65 bits per heavy atom. The summed E-state index contributed by atoms with van der Waals surface area (Å²) in [6.07, 6.45) is 0.598. The molecule has 0 atom stereocenters. The smallest absolute Gasteiger partial charge is 0.462 e. The highest BCUT2D eigenvalue weighted by Gasteiger charge is 2.45. The molecule has 0 aliphatic rings. The Morgan fingerprint density at radius 1 is 1.10 bits per heavy atom. The van der Waals surface area contributed by atoms with Gasteiger partial charge in [-0.1, -0.05) is 6.58 Å². The Balaban J connectivity index is 4.40. The van der Waals surface area contributed by atoms with Gasteiger partial charge in [0.15, 0.2) is 0 Å². The minimum atomic E-state index is -2.78. The monoisotopic (exact) mass is 322 g/mol. The molecule has 0 heterocycles. The van der Waals surface area contributed by atoms with Crippen LogP contribution in [-0.2, 0) is 26.9 Å². The summed E-state index contributed by atoms with van der Waals surface area (Å²) in [7, 11) is -0.294. The van der Waals surface area contributed by atoms with Crippen LogP contribution in [0, 0.1) is 0 Å². The second kappa shape index (κ2) is 8.70. The van der Waals surface area contributed by atoms with E-state index in [0.717, 1.165) is 0 Å². The summed E-state index contributed by atoms with van der Waals surface area (Å²) < 4.78 is 27.3. The maximum absolute atomic E-state index is 11.3. The molecular formula is C12H26O6Si2. The fraction of sp³-hybridized carbons (Fsp3) is 0.750. The normalized spacial score (nSPS) is 12.3. The number of hydrogen-bond donors (Lipinski definition) is 0. The Bertz CT molecular complexity index is 328. The third-order valence-electron chi connectivity index (χ3n) is 2.72. The van der Waals surface area contributed by atoms with Crippen LogP contribution in [-0.4, -0.2) is 51.3 Å². The van der Waals surface area contributed by atoms with Crippen molar-refractivity contribution in [2.24, 2.45) is 0 Å². The van der Waals surface area contributed by atoms with Gasteiger partial charge in [0.1, 0.15) is 0 Å². The van der Waals surface area contributed by atoms with Gasteiger partial charge in [-0.2, -0.15) is 0 Å². The zero-order chi connectivity index (χ0) is 15.8. The average molecular weight is 323 g/mol. The third kappa shape index (κ3) is 6.77. The van der Waals surface area contributed by atoms with Crippen molar-refractivity contribution < 1.29 is 26.9 Å². The van der Waals surface area contributed by atoms with Crippen LogP contribution in [0.1, 0.15) is 13.3 Å². The van der Waals surface area contributed by atoms with Gasteiger partial charge >= 0.3 is 23.3 Å². The van der Waals surface area contributed by atoms with E-state index in [1.54, 1.807) is 28.3 Å². The molecule has 0 saturated heterocycles. The van der Waals surface area contributed by atoms with E-state index in [0.29, 0.717) is 18.0 Å². The molecule has 0 aliphatic carbocycles. The van der Waals surface area contributed by atoms with Crippen molar-refractivity contribution in [3.05, 3.63) is 12.2 Å². The van der Waals surface area contributed by atoms with Crippen molar-refractivity contribution in [2.75, 3.05) is 27.9 Å². The SMILES string of the molecule is C=C(C)C(=O)OCCC[Si](OC)(OC)O[Si](C)(C)OC. The summed E-state index contributed by atoms with van der Waals surface area (Å²) >= 11 is 0. The lowest BCUT2D eigenvalue weighted by Gasteiger charge is -2.33. The topological polar surface area (TPSA) is 63.2 Å². The molecular weight excluding hydrogens is 296 g/mol. The largest absolute Gasteiger partial charge is 0.491 e. The molecule has 0 bridgehead atoms. The van der Waals surface area contributed by atoms with Crippen molar-refractivity contribution >= 4 is 23.3 Å². The summed E-state index contributed by atoms with van der Waals surface area (Å²) in [5.74, 6) is -0.389. The molecule has 0 spiro atoms. The molecule has 0 aromatic rings. The number of carbonyl (C=O) groups is 1. The van der Waals surface area contributed by atoms with Crippen LogP contribution in [0.4, 0.5) is 0 Å². The third-order valence-corrected chi connectivity index (χ3v) is 9.13. The Hall–Kier alpha value is -0.516. The van der Waals surface area contributed by atoms with E-state index in [-0.39, 0.29) is 12.6 Å². The van der Waals surface area contributed by atoms with Crippen molar-refractivity contribution in [3.63, 3.8) is 0 Å². The quantitative estimate of drug-likeness (QED) is 0.266. The van der Waals surface area contributed by atoms with Gasteiger partial charge in [0.2, 0.25) is 0 Å². The highest BCUT2D eigenvalue weighted by molar-refractivity contribution is 6.76. The van der Waals surface area contributed by atoms with Crippen LogP contribution in [0.2, 0.25) is 19.1 Å². The maximum Gasteiger partial charge on any atom is 0.491 e. The molecule has 0 fully saturated rings. The van der Waals surface area contributed by atoms with Gasteiger partial charge in [0.05, 0.1) is 6.61 Å². The van der Waals surface area contributed by atoms with Crippen LogP contribution in [0.15, 0.2) is 12.2 Å². The zero-order valence-corrected chi connectivity index (χ0v) is 15.3. The first-order valence-corrected chi connectivity index (χ1v) is 11.1. The summed E-state index contributed by atoms with van der Waals surface area (Å²) in [5.41, 5.74) is 0.385. The fourth-order valence-corrected chi connectivity index (χ4v) is 6.97. The molecule has 0 saturated carbocycles. The van der Waals surface area contributed by atoms with Crippen LogP contribution < -0.4 is 0 Å². The molecule has 0 amide bonds. The molecule has 0 rings (SSSR count). The van der Waals surface area contributed by atoms with Crippen LogP contribution in [0.25, 0.3) is 0 Å². The predicted octanol–water partition coefficient (Wildman–Crippen LogP) is 2.09. The lowest BCUT2D eigenvalue weighted by atomic mass is 10.4. The van der Waals surface area contributed by atoms with Gasteiger partial charge in [-0.25, -0.2) is 4.79 Å². The minimum absolute atomic E-state index is 0.283. The molecule has 0 aromatic carbocycles. The fourth-order valence-electron chi connectivity index (χ4n) is 1.41. The second-order valence-corrected chi connectivity index (χ2v) is 11.5. The highest BCUT2D eigenvalue weighted by atomic mass is 28.5. The van der Waals surface area contributed by atoms with Crippen LogP contribution in [0.5, 0.6) is 0 Å². The second-order valence-electron chi connectivity index (χ2n) is 4.82. The Morgan fingerprint density at radius 3 is 2.05 bits per heavy atom. The molecule has 8 heteroatoms. The van der Waals surface area contributed by atoms with Gasteiger partial charge in [-0.3, -0.25) is 0 Å². The Labute approximate surface area is 123 Å². The van der Waals surface area contributed by atoms with E-state index in [9.17, 15) is 4.79 Å². The zero-order valence-electron chi connectivity index (χ0n) is 13.3. The van der Waals surface area contributed by atoms with Gasteiger partial charge < -0.3 is 22.1 Å². The molecule has 0 aliphatic heterocycles. The van der Waals surface area contributed by atoms with E-state index in [1.807, 2.05) is 13.1 Å². The lowest BCUT2D eigenvalue weighted by molar-refractivity contribution is -0.139. The molecule has 0 N–H and O–H groups in total. The minimum Gasteiger partial charge on any atom is -0.462 e. The van der Waals surface area contributed by atoms with Crippen LogP contribution >= 0.6 is 0 Å². The van der Waals surface area contributed by atoms with E-state index in [2.05, 4.69) is 6.58 Å². The number of esters is 1. The van der Waals surface area contributed by atoms with Gasteiger partial charge in [-0.05, 0) is 26.4 Å². The lowest BCUT2D eigenvalue weighted by Crippen LogP contribution is -2.53. The first-order valence-electron chi connectivity index (χ1n) is 6.40. The van der Waals surface area contributed by atoms with Gasteiger partial charge in [0.25, 0.3) is 0 Å². The molecule has 6 nitrogen and oxygen atoms in total. The van der Waals surface area contributed by atoms with Crippen molar-refractivity contribution in [3.8, 4) is 0 Å². The van der Waals surface area contributed by atoms with E-state index < -0.39 is 17.4 Å². The van der Waals surface area contributed by atoms with Crippen molar-refractivity contribution in [1.29, 1.82) is 0 Å². The number of rotatable bonds is 10. The number of ether oxygens (including phenoxy) is 1. The van der Waals surface area contributed by atoms with Crippen LogP contribution in [0.3, 0.4) is 0 Å². The maximum atomic E-state index is 11.3. The first-order chi connectivity index (χ1) is 9.22. The average Bonchev–Trinajstić information content (AvgIpc) is 2.41. The standard InChI is InChI=1S/C12H26O6Si2/c1-11(2)12(13)17-9-8-10-20(15-4,16-5)18-19(6,7)14-3/h1,8-10H2,2-7H3. The number of carbonyl (C=O) groups excluding carboxylic acids is 1. The summed E-state index contributed by atoms with van der Waals surface area (Å²) in [6, 6.07) is 0.559. The summed E-state index contributed by atoms with van der Waals surface area (Å²) in [6.45, 7) is 9.27. The predicted molar refractivity (Wildman–Crippen MR) is 80.5 cm³/mol. The molecule has 0 aromatic heterocycles. The number of hydrogen-bond acceptors (Lipinski definition) is 6. The van der Waals surface area contributed by atoms with E-state index >= 15 is 0 Å². The molecule has 20 heavy (non-hydrogen) atoms. The van der Waals surface area contributed by atoms with E-state index in [4.69, 9.17) is 22.1 Å². The first kappa shape index (κ1) is 19.5. The van der Waals surface area contributed by atoms with E-state index in [1.165, 1.54) is 0 Å². The van der Waals surface area contributed by atoms with Crippen molar-refractivity contribution in [1.82, 2.24) is 0 Å². The molecule has 118 valence electrons. The summed E-state index contributed by atoms with van der Waals surface area (Å²) in [5, 5.41) is 0. The molecule has 0 unspecified atom stereocenters. The van der Waals surface area contributed by atoms with Crippen molar-refractivity contribution in [2.45, 2.75) is 32.5 Å². The van der Waals surface area contributed by atoms with Gasteiger partial charge in [-0.15, -0.1) is 0 Å².